The maximum Gasteiger partial charge on any atom is -0.0380 e. The fraction of sp³-hybridized carbons (Fsp3) is 1.00. The van der Waals surface area contributed by atoms with Crippen LogP contribution < -0.4 is 0 Å². The lowest BCUT2D eigenvalue weighted by molar-refractivity contribution is 0.348. The van der Waals surface area contributed by atoms with E-state index < -0.39 is 0 Å². The number of hydrogen-bond acceptors (Lipinski definition) is 0. The van der Waals surface area contributed by atoms with Crippen LogP contribution in [0.1, 0.15) is 39.5 Å². The van der Waals surface area contributed by atoms with E-state index in [4.69, 9.17) is 0 Å². The third-order valence-corrected chi connectivity index (χ3v) is 3.71. The fourth-order valence-corrected chi connectivity index (χ4v) is 2.42. The molecule has 0 aromatic carbocycles. The van der Waals surface area contributed by atoms with Crippen molar-refractivity contribution in [3.05, 3.63) is 0 Å². The predicted molar refractivity (Wildman–Crippen MR) is 43.8 cm³/mol. The van der Waals surface area contributed by atoms with Gasteiger partial charge < -0.3 is 0 Å². The molecule has 58 valence electrons. The standard InChI is InChI=1S/C10H18/c1-7-3-4-9-6-10(9)5-8(7)2/h7-10H,3-6H2,1-2H3/t7-,8+,9?,10?/m0/s1. The van der Waals surface area contributed by atoms with Crippen molar-refractivity contribution < 1.29 is 0 Å². The molecule has 0 saturated heterocycles. The van der Waals surface area contributed by atoms with Gasteiger partial charge in [0.25, 0.3) is 0 Å². The van der Waals surface area contributed by atoms with Crippen molar-refractivity contribution in [1.82, 2.24) is 0 Å². The van der Waals surface area contributed by atoms with E-state index in [-0.39, 0.29) is 0 Å². The first-order valence-electron chi connectivity index (χ1n) is 4.77. The van der Waals surface area contributed by atoms with Crippen molar-refractivity contribution in [1.29, 1.82) is 0 Å². The smallest absolute Gasteiger partial charge is 0.0380 e. The summed E-state index contributed by atoms with van der Waals surface area (Å²) in [6.45, 7) is 4.86. The lowest BCUT2D eigenvalue weighted by Gasteiger charge is -2.16. The van der Waals surface area contributed by atoms with Gasteiger partial charge >= 0.3 is 0 Å². The zero-order valence-electron chi connectivity index (χ0n) is 7.14. The molecule has 0 heterocycles. The van der Waals surface area contributed by atoms with Crippen LogP contribution in [0.4, 0.5) is 0 Å². The molecular weight excluding hydrogens is 120 g/mol. The van der Waals surface area contributed by atoms with Gasteiger partial charge in [-0.3, -0.25) is 0 Å². The molecule has 0 nitrogen and oxygen atoms in total. The van der Waals surface area contributed by atoms with Crippen LogP contribution in [0.15, 0.2) is 0 Å². The van der Waals surface area contributed by atoms with E-state index in [1.807, 2.05) is 0 Å². The van der Waals surface area contributed by atoms with Gasteiger partial charge in [0.05, 0.1) is 0 Å². The average molecular weight is 138 g/mol. The molecule has 2 saturated carbocycles. The van der Waals surface area contributed by atoms with Crippen LogP contribution in [-0.2, 0) is 0 Å². The van der Waals surface area contributed by atoms with Crippen LogP contribution in [-0.4, -0.2) is 0 Å². The van der Waals surface area contributed by atoms with Crippen LogP contribution in [0, 0.1) is 23.7 Å². The van der Waals surface area contributed by atoms with Crippen LogP contribution in [0.2, 0.25) is 0 Å². The minimum Gasteiger partial charge on any atom is -0.0623 e. The zero-order valence-corrected chi connectivity index (χ0v) is 7.14. The summed E-state index contributed by atoms with van der Waals surface area (Å²) in [5, 5.41) is 0. The SMILES string of the molecule is C[C@@H]1CC2CC2CC[C@@H]1C. The maximum absolute atomic E-state index is 2.44. The van der Waals surface area contributed by atoms with Gasteiger partial charge in [-0.05, 0) is 42.9 Å². The molecular formula is C10H18. The molecule has 0 amide bonds. The molecule has 0 aliphatic heterocycles. The molecule has 2 fully saturated rings. The Hall–Kier alpha value is 0. The van der Waals surface area contributed by atoms with Crippen molar-refractivity contribution in [2.45, 2.75) is 39.5 Å². The van der Waals surface area contributed by atoms with Gasteiger partial charge in [-0.1, -0.05) is 20.3 Å². The van der Waals surface area contributed by atoms with E-state index in [1.165, 1.54) is 19.3 Å². The number of hydrogen-bond donors (Lipinski definition) is 0. The normalized spacial score (nSPS) is 53.4. The molecule has 0 heteroatoms. The first-order chi connectivity index (χ1) is 4.77. The summed E-state index contributed by atoms with van der Waals surface area (Å²) >= 11 is 0. The summed E-state index contributed by atoms with van der Waals surface area (Å²) in [5.41, 5.74) is 0. The first kappa shape index (κ1) is 6.69. The van der Waals surface area contributed by atoms with E-state index in [0.717, 1.165) is 23.7 Å². The Morgan fingerprint density at radius 1 is 0.800 bits per heavy atom. The topological polar surface area (TPSA) is 0 Å². The van der Waals surface area contributed by atoms with Gasteiger partial charge in [0, 0.05) is 0 Å². The van der Waals surface area contributed by atoms with Crippen molar-refractivity contribution in [2.24, 2.45) is 23.7 Å². The maximum atomic E-state index is 2.44. The van der Waals surface area contributed by atoms with E-state index >= 15 is 0 Å². The Morgan fingerprint density at radius 3 is 2.40 bits per heavy atom. The highest BCUT2D eigenvalue weighted by molar-refractivity contribution is 4.90. The highest BCUT2D eigenvalue weighted by Gasteiger charge is 2.40. The van der Waals surface area contributed by atoms with Gasteiger partial charge in [-0.2, -0.15) is 0 Å². The number of rotatable bonds is 0. The molecule has 4 atom stereocenters. The lowest BCUT2D eigenvalue weighted by atomic mass is 9.90. The quantitative estimate of drug-likeness (QED) is 0.482. The fourth-order valence-electron chi connectivity index (χ4n) is 2.42. The first-order valence-corrected chi connectivity index (χ1v) is 4.77. The summed E-state index contributed by atoms with van der Waals surface area (Å²) in [7, 11) is 0. The summed E-state index contributed by atoms with van der Waals surface area (Å²) in [5.74, 6) is 4.33. The molecule has 0 N–H and O–H groups in total. The summed E-state index contributed by atoms with van der Waals surface area (Å²) in [6, 6.07) is 0. The van der Waals surface area contributed by atoms with Crippen LogP contribution >= 0.6 is 0 Å². The van der Waals surface area contributed by atoms with E-state index in [2.05, 4.69) is 13.8 Å². The van der Waals surface area contributed by atoms with Gasteiger partial charge in [0.15, 0.2) is 0 Å². The van der Waals surface area contributed by atoms with Crippen LogP contribution in [0.5, 0.6) is 0 Å². The second kappa shape index (κ2) is 2.25. The predicted octanol–water partition coefficient (Wildman–Crippen LogP) is 3.08. The average Bonchev–Trinajstić information content (AvgIpc) is 2.61. The minimum atomic E-state index is 1.01. The molecule has 10 heavy (non-hydrogen) atoms. The molecule has 0 bridgehead atoms. The summed E-state index contributed by atoms with van der Waals surface area (Å²) in [4.78, 5) is 0. The number of fused-ring (bicyclic) bond motifs is 1. The second-order valence-corrected chi connectivity index (χ2v) is 4.52. The lowest BCUT2D eigenvalue weighted by Crippen LogP contribution is -2.06. The second-order valence-electron chi connectivity index (χ2n) is 4.52. The Balaban J connectivity index is 1.96. The summed E-state index contributed by atoms with van der Waals surface area (Å²) < 4.78 is 0. The highest BCUT2D eigenvalue weighted by Crippen LogP contribution is 2.50. The van der Waals surface area contributed by atoms with Crippen LogP contribution in [0.3, 0.4) is 0 Å². The molecule has 2 aliphatic carbocycles. The Labute approximate surface area is 64.0 Å². The minimum absolute atomic E-state index is 1.01. The van der Waals surface area contributed by atoms with Crippen molar-refractivity contribution in [2.75, 3.05) is 0 Å². The molecule has 0 spiro atoms. The third kappa shape index (κ3) is 1.09. The van der Waals surface area contributed by atoms with Gasteiger partial charge in [-0.15, -0.1) is 0 Å². The molecule has 2 unspecified atom stereocenters. The molecule has 2 rings (SSSR count). The van der Waals surface area contributed by atoms with Crippen molar-refractivity contribution in [3.63, 3.8) is 0 Å². The van der Waals surface area contributed by atoms with Crippen molar-refractivity contribution >= 4 is 0 Å². The van der Waals surface area contributed by atoms with E-state index in [9.17, 15) is 0 Å². The largest absolute Gasteiger partial charge is 0.0623 e. The molecule has 2 aliphatic rings. The monoisotopic (exact) mass is 138 g/mol. The molecule has 0 aromatic rings. The third-order valence-electron chi connectivity index (χ3n) is 3.71. The molecule has 0 radical (unpaired) electrons. The van der Waals surface area contributed by atoms with E-state index in [0.29, 0.717) is 0 Å². The molecule has 0 aromatic heterocycles. The zero-order chi connectivity index (χ0) is 7.14. The van der Waals surface area contributed by atoms with E-state index in [1.54, 1.807) is 6.42 Å². The highest BCUT2D eigenvalue weighted by atomic mass is 14.5. The Morgan fingerprint density at radius 2 is 1.60 bits per heavy atom. The van der Waals surface area contributed by atoms with Gasteiger partial charge in [-0.25, -0.2) is 0 Å². The van der Waals surface area contributed by atoms with Gasteiger partial charge in [0.1, 0.15) is 0 Å². The van der Waals surface area contributed by atoms with Gasteiger partial charge in [0.2, 0.25) is 0 Å². The summed E-state index contributed by atoms with van der Waals surface area (Å²) in [6.07, 6.45) is 6.14. The van der Waals surface area contributed by atoms with Crippen LogP contribution in [0.25, 0.3) is 0 Å². The Kier molecular flexibility index (Phi) is 1.51. The Bertz CT molecular complexity index is 128. The van der Waals surface area contributed by atoms with Crippen molar-refractivity contribution in [3.8, 4) is 0 Å².